The molecule has 0 aromatic rings. The third-order valence-corrected chi connectivity index (χ3v) is 1.90. The summed E-state index contributed by atoms with van der Waals surface area (Å²) in [5.74, 6) is 1.37. The van der Waals surface area contributed by atoms with E-state index in [-0.39, 0.29) is 6.67 Å². The second-order valence-corrected chi connectivity index (χ2v) is 3.08. The fraction of sp³-hybridized carbons (Fsp3) is 0.778. The van der Waals surface area contributed by atoms with Crippen LogP contribution in [0.25, 0.3) is 0 Å². The van der Waals surface area contributed by atoms with Crippen molar-refractivity contribution in [2.24, 2.45) is 11.8 Å². The van der Waals surface area contributed by atoms with Gasteiger partial charge < -0.3 is 0 Å². The molecule has 10 heavy (non-hydrogen) atoms. The van der Waals surface area contributed by atoms with E-state index in [0.717, 1.165) is 6.42 Å². The first-order valence-electron chi connectivity index (χ1n) is 3.89. The van der Waals surface area contributed by atoms with Crippen molar-refractivity contribution < 1.29 is 4.39 Å². The van der Waals surface area contributed by atoms with Crippen molar-refractivity contribution >= 4 is 0 Å². The van der Waals surface area contributed by atoms with Gasteiger partial charge in [0, 0.05) is 0 Å². The van der Waals surface area contributed by atoms with E-state index in [1.807, 2.05) is 6.08 Å². The lowest BCUT2D eigenvalue weighted by Crippen LogP contribution is -2.01. The third-order valence-electron chi connectivity index (χ3n) is 1.90. The molecule has 0 saturated heterocycles. The summed E-state index contributed by atoms with van der Waals surface area (Å²) < 4.78 is 11.6. The largest absolute Gasteiger partial charge is 0.247 e. The first-order valence-corrected chi connectivity index (χ1v) is 3.89. The van der Waals surface area contributed by atoms with E-state index in [9.17, 15) is 4.39 Å². The van der Waals surface area contributed by atoms with Crippen LogP contribution in [0.5, 0.6) is 0 Å². The molecule has 0 spiro atoms. The van der Waals surface area contributed by atoms with E-state index in [4.69, 9.17) is 0 Å². The average molecular weight is 144 g/mol. The van der Waals surface area contributed by atoms with Crippen LogP contribution in [0.4, 0.5) is 4.39 Å². The molecule has 0 aliphatic rings. The summed E-state index contributed by atoms with van der Waals surface area (Å²) >= 11 is 0. The third kappa shape index (κ3) is 4.54. The molecule has 0 N–H and O–H groups in total. The molecule has 0 nitrogen and oxygen atoms in total. The molecular weight excluding hydrogens is 127 g/mol. The first kappa shape index (κ1) is 9.67. The lowest BCUT2D eigenvalue weighted by Gasteiger charge is -2.11. The van der Waals surface area contributed by atoms with E-state index in [2.05, 4.69) is 20.8 Å². The van der Waals surface area contributed by atoms with E-state index >= 15 is 0 Å². The van der Waals surface area contributed by atoms with Gasteiger partial charge in [-0.1, -0.05) is 32.9 Å². The minimum Gasteiger partial charge on any atom is -0.247 e. The van der Waals surface area contributed by atoms with Crippen LogP contribution in [-0.2, 0) is 0 Å². The fourth-order valence-corrected chi connectivity index (χ4v) is 0.646. The van der Waals surface area contributed by atoms with Crippen LogP contribution in [0, 0.1) is 11.8 Å². The molecule has 0 bridgehead atoms. The molecule has 0 fully saturated rings. The van der Waals surface area contributed by atoms with E-state index in [0.29, 0.717) is 11.8 Å². The highest BCUT2D eigenvalue weighted by atomic mass is 19.1. The summed E-state index contributed by atoms with van der Waals surface area (Å²) in [4.78, 5) is 0. The predicted molar refractivity (Wildman–Crippen MR) is 43.7 cm³/mol. The van der Waals surface area contributed by atoms with Crippen molar-refractivity contribution in [3.8, 4) is 0 Å². The van der Waals surface area contributed by atoms with Gasteiger partial charge in [-0.2, -0.15) is 0 Å². The number of halogens is 1. The van der Waals surface area contributed by atoms with E-state index < -0.39 is 0 Å². The fourth-order valence-electron chi connectivity index (χ4n) is 0.646. The molecule has 0 saturated carbocycles. The molecule has 1 heteroatoms. The Morgan fingerprint density at radius 3 is 2.20 bits per heavy atom. The minimum absolute atomic E-state index is 0.329. The molecule has 0 aromatic carbocycles. The molecule has 0 aliphatic carbocycles. The Balaban J connectivity index is 3.38. The average Bonchev–Trinajstić information content (AvgIpc) is 1.88. The van der Waals surface area contributed by atoms with Crippen molar-refractivity contribution in [3.63, 3.8) is 0 Å². The summed E-state index contributed by atoms with van der Waals surface area (Å²) in [6.07, 6.45) is 4.51. The van der Waals surface area contributed by atoms with Gasteiger partial charge in [-0.15, -0.1) is 0 Å². The standard InChI is InChI=1S/C9H17F/c1-8(2)9(3)6-4-5-7-10/h4-5,8-9H,6-7H2,1-3H3/b5-4-. The molecule has 0 radical (unpaired) electrons. The zero-order valence-corrected chi connectivity index (χ0v) is 7.10. The number of rotatable bonds is 4. The monoisotopic (exact) mass is 144 g/mol. The van der Waals surface area contributed by atoms with Gasteiger partial charge in [0.2, 0.25) is 0 Å². The second-order valence-electron chi connectivity index (χ2n) is 3.08. The Kier molecular flexibility index (Phi) is 5.27. The molecule has 0 amide bonds. The van der Waals surface area contributed by atoms with Crippen LogP contribution in [0.1, 0.15) is 27.2 Å². The Morgan fingerprint density at radius 1 is 1.20 bits per heavy atom. The number of hydrogen-bond acceptors (Lipinski definition) is 0. The zero-order valence-electron chi connectivity index (χ0n) is 7.10. The lowest BCUT2D eigenvalue weighted by atomic mass is 9.95. The van der Waals surface area contributed by atoms with Crippen molar-refractivity contribution in [3.05, 3.63) is 12.2 Å². The summed E-state index contributed by atoms with van der Waals surface area (Å²) in [6.45, 7) is 6.24. The first-order chi connectivity index (χ1) is 4.68. The van der Waals surface area contributed by atoms with Crippen LogP contribution in [-0.4, -0.2) is 6.67 Å². The SMILES string of the molecule is CC(C)C(C)C/C=C\CF. The predicted octanol–water partition coefficient (Wildman–Crippen LogP) is 3.19. The maximum atomic E-state index is 11.6. The van der Waals surface area contributed by atoms with Crippen LogP contribution in [0.3, 0.4) is 0 Å². The van der Waals surface area contributed by atoms with E-state index in [1.165, 1.54) is 0 Å². The smallest absolute Gasteiger partial charge is 0.108 e. The van der Waals surface area contributed by atoms with Crippen LogP contribution in [0.2, 0.25) is 0 Å². The number of allylic oxidation sites excluding steroid dienone is 2. The van der Waals surface area contributed by atoms with Crippen LogP contribution < -0.4 is 0 Å². The van der Waals surface area contributed by atoms with Gasteiger partial charge in [0.25, 0.3) is 0 Å². The Morgan fingerprint density at radius 2 is 1.80 bits per heavy atom. The highest BCUT2D eigenvalue weighted by Crippen LogP contribution is 2.13. The molecule has 60 valence electrons. The Bertz CT molecular complexity index is 94.9. The topological polar surface area (TPSA) is 0 Å². The molecule has 1 unspecified atom stereocenters. The molecule has 0 heterocycles. The molecular formula is C9H17F. The zero-order chi connectivity index (χ0) is 7.98. The Hall–Kier alpha value is -0.330. The van der Waals surface area contributed by atoms with Crippen molar-refractivity contribution in [1.82, 2.24) is 0 Å². The quantitative estimate of drug-likeness (QED) is 0.531. The lowest BCUT2D eigenvalue weighted by molar-refractivity contribution is 0.423. The van der Waals surface area contributed by atoms with Gasteiger partial charge in [-0.05, 0) is 18.3 Å². The van der Waals surface area contributed by atoms with Crippen LogP contribution in [0.15, 0.2) is 12.2 Å². The van der Waals surface area contributed by atoms with Crippen molar-refractivity contribution in [1.29, 1.82) is 0 Å². The number of hydrogen-bond donors (Lipinski definition) is 0. The molecule has 1 atom stereocenters. The maximum absolute atomic E-state index is 11.6. The van der Waals surface area contributed by atoms with Crippen LogP contribution >= 0.6 is 0 Å². The minimum atomic E-state index is -0.329. The summed E-state index contributed by atoms with van der Waals surface area (Å²) in [7, 11) is 0. The van der Waals surface area contributed by atoms with Crippen molar-refractivity contribution in [2.45, 2.75) is 27.2 Å². The maximum Gasteiger partial charge on any atom is 0.108 e. The summed E-state index contributed by atoms with van der Waals surface area (Å²) in [6, 6.07) is 0. The normalized spacial score (nSPS) is 14.9. The second kappa shape index (κ2) is 5.45. The van der Waals surface area contributed by atoms with Gasteiger partial charge in [0.05, 0.1) is 0 Å². The highest BCUT2D eigenvalue weighted by Gasteiger charge is 2.03. The van der Waals surface area contributed by atoms with Crippen molar-refractivity contribution in [2.75, 3.05) is 6.67 Å². The molecule has 0 aliphatic heterocycles. The molecule has 0 rings (SSSR count). The van der Waals surface area contributed by atoms with Gasteiger partial charge >= 0.3 is 0 Å². The summed E-state index contributed by atoms with van der Waals surface area (Å²) in [5.41, 5.74) is 0. The van der Waals surface area contributed by atoms with Gasteiger partial charge in [-0.25, -0.2) is 4.39 Å². The highest BCUT2D eigenvalue weighted by molar-refractivity contribution is 4.83. The van der Waals surface area contributed by atoms with E-state index in [1.54, 1.807) is 6.08 Å². The molecule has 0 aromatic heterocycles. The van der Waals surface area contributed by atoms with Gasteiger partial charge in [-0.3, -0.25) is 0 Å². The Labute approximate surface area is 63.1 Å². The summed E-state index contributed by atoms with van der Waals surface area (Å²) in [5, 5.41) is 0. The van der Waals surface area contributed by atoms with Gasteiger partial charge in [0.15, 0.2) is 0 Å². The van der Waals surface area contributed by atoms with Gasteiger partial charge in [0.1, 0.15) is 6.67 Å². The number of alkyl halides is 1.